The predicted octanol–water partition coefficient (Wildman–Crippen LogP) is 4.70. The minimum Gasteiger partial charge on any atom is -0.207 e. The Labute approximate surface area is 114 Å². The van der Waals surface area contributed by atoms with E-state index in [4.69, 9.17) is 16.9 Å². The molecule has 2 aromatic carbocycles. The van der Waals surface area contributed by atoms with Crippen LogP contribution in [-0.2, 0) is 6.42 Å². The first kappa shape index (κ1) is 12.9. The number of rotatable bonds is 3. The number of halogens is 2. The molecule has 0 saturated heterocycles. The zero-order valence-corrected chi connectivity index (χ0v) is 10.9. The standard InChI is InChI=1S/C14H9ClFNS/c15-11-4-5-14(10(8-11)6-7-17)18-13-3-1-2-12(16)9-13/h1-5,8-9H,6H2. The van der Waals surface area contributed by atoms with Crippen LogP contribution >= 0.6 is 23.4 Å². The van der Waals surface area contributed by atoms with Crippen LogP contribution in [0, 0.1) is 17.1 Å². The second-order valence-electron chi connectivity index (χ2n) is 3.65. The van der Waals surface area contributed by atoms with Crippen molar-refractivity contribution in [2.45, 2.75) is 16.2 Å². The third kappa shape index (κ3) is 3.25. The van der Waals surface area contributed by atoms with Gasteiger partial charge in [-0.15, -0.1) is 0 Å². The lowest BCUT2D eigenvalue weighted by atomic mass is 10.2. The van der Waals surface area contributed by atoms with Crippen LogP contribution in [0.3, 0.4) is 0 Å². The van der Waals surface area contributed by atoms with Gasteiger partial charge in [0, 0.05) is 14.8 Å². The van der Waals surface area contributed by atoms with E-state index in [1.807, 2.05) is 12.1 Å². The zero-order valence-electron chi connectivity index (χ0n) is 9.36. The summed E-state index contributed by atoms with van der Waals surface area (Å²) in [4.78, 5) is 1.73. The Morgan fingerprint density at radius 1 is 1.22 bits per heavy atom. The summed E-state index contributed by atoms with van der Waals surface area (Å²) >= 11 is 7.33. The highest BCUT2D eigenvalue weighted by Gasteiger charge is 2.06. The Balaban J connectivity index is 2.31. The van der Waals surface area contributed by atoms with Crippen LogP contribution in [0.15, 0.2) is 52.3 Å². The van der Waals surface area contributed by atoms with Crippen LogP contribution in [-0.4, -0.2) is 0 Å². The Bertz CT molecular complexity index is 607. The molecule has 0 fully saturated rings. The van der Waals surface area contributed by atoms with Crippen LogP contribution in [0.4, 0.5) is 4.39 Å². The average Bonchev–Trinajstić information content (AvgIpc) is 2.33. The first-order valence-corrected chi connectivity index (χ1v) is 6.47. The Hall–Kier alpha value is -1.50. The van der Waals surface area contributed by atoms with Gasteiger partial charge in [-0.2, -0.15) is 5.26 Å². The number of hydrogen-bond acceptors (Lipinski definition) is 2. The van der Waals surface area contributed by atoms with E-state index >= 15 is 0 Å². The molecule has 0 aliphatic rings. The second-order valence-corrected chi connectivity index (χ2v) is 5.20. The van der Waals surface area contributed by atoms with E-state index in [1.54, 1.807) is 18.2 Å². The van der Waals surface area contributed by atoms with Crippen molar-refractivity contribution in [3.8, 4) is 6.07 Å². The number of benzene rings is 2. The zero-order chi connectivity index (χ0) is 13.0. The van der Waals surface area contributed by atoms with Crippen LogP contribution in [0.5, 0.6) is 0 Å². The molecule has 2 rings (SSSR count). The lowest BCUT2D eigenvalue weighted by Gasteiger charge is -2.07. The normalized spacial score (nSPS) is 10.1. The highest BCUT2D eigenvalue weighted by atomic mass is 35.5. The molecule has 0 saturated carbocycles. The predicted molar refractivity (Wildman–Crippen MR) is 71.3 cm³/mol. The third-order valence-corrected chi connectivity index (χ3v) is 3.66. The summed E-state index contributed by atoms with van der Waals surface area (Å²) in [6.45, 7) is 0. The molecule has 0 N–H and O–H groups in total. The van der Waals surface area contributed by atoms with E-state index in [1.165, 1.54) is 23.9 Å². The number of nitrogens with zero attached hydrogens (tertiary/aromatic N) is 1. The van der Waals surface area contributed by atoms with Crippen LogP contribution in [0.1, 0.15) is 5.56 Å². The summed E-state index contributed by atoms with van der Waals surface area (Å²) in [6.07, 6.45) is 0.290. The summed E-state index contributed by atoms with van der Waals surface area (Å²) in [5.41, 5.74) is 0.860. The van der Waals surface area contributed by atoms with Gasteiger partial charge in [0.25, 0.3) is 0 Å². The van der Waals surface area contributed by atoms with Crippen molar-refractivity contribution in [1.29, 1.82) is 5.26 Å². The third-order valence-electron chi connectivity index (χ3n) is 2.32. The molecule has 2 aromatic rings. The second kappa shape index (κ2) is 5.90. The van der Waals surface area contributed by atoms with Gasteiger partial charge in [-0.05, 0) is 42.0 Å². The van der Waals surface area contributed by atoms with Gasteiger partial charge < -0.3 is 0 Å². The van der Waals surface area contributed by atoms with Gasteiger partial charge in [-0.3, -0.25) is 0 Å². The van der Waals surface area contributed by atoms with Gasteiger partial charge in [0.1, 0.15) is 5.82 Å². The van der Waals surface area contributed by atoms with Crippen molar-refractivity contribution >= 4 is 23.4 Å². The molecule has 90 valence electrons. The van der Waals surface area contributed by atoms with Crippen LogP contribution in [0.25, 0.3) is 0 Å². The van der Waals surface area contributed by atoms with Gasteiger partial charge >= 0.3 is 0 Å². The lowest BCUT2D eigenvalue weighted by molar-refractivity contribution is 0.624. The molecule has 0 heterocycles. The topological polar surface area (TPSA) is 23.8 Å². The van der Waals surface area contributed by atoms with Crippen molar-refractivity contribution in [2.24, 2.45) is 0 Å². The largest absolute Gasteiger partial charge is 0.207 e. The lowest BCUT2D eigenvalue weighted by Crippen LogP contribution is -1.87. The average molecular weight is 278 g/mol. The van der Waals surface area contributed by atoms with Crippen LogP contribution < -0.4 is 0 Å². The molecule has 0 unspecified atom stereocenters. The minimum absolute atomic E-state index is 0.268. The maximum atomic E-state index is 13.1. The Morgan fingerprint density at radius 2 is 2.06 bits per heavy atom. The Kier molecular flexibility index (Phi) is 4.24. The van der Waals surface area contributed by atoms with Gasteiger partial charge in [-0.25, -0.2) is 4.39 Å². The molecule has 18 heavy (non-hydrogen) atoms. The number of hydrogen-bond donors (Lipinski definition) is 0. The molecule has 4 heteroatoms. The van der Waals surface area contributed by atoms with Crippen molar-refractivity contribution in [3.63, 3.8) is 0 Å². The molecule has 0 aliphatic carbocycles. The van der Waals surface area contributed by atoms with E-state index in [0.29, 0.717) is 5.02 Å². The highest BCUT2D eigenvalue weighted by molar-refractivity contribution is 7.99. The van der Waals surface area contributed by atoms with Gasteiger partial charge in [-0.1, -0.05) is 29.4 Å². The highest BCUT2D eigenvalue weighted by Crippen LogP contribution is 2.32. The fourth-order valence-electron chi connectivity index (χ4n) is 1.53. The molecule has 0 bridgehead atoms. The minimum atomic E-state index is -0.268. The summed E-state index contributed by atoms with van der Waals surface area (Å²) in [6, 6.07) is 13.9. The van der Waals surface area contributed by atoms with E-state index in [2.05, 4.69) is 6.07 Å². The molecule has 1 nitrogen and oxygen atoms in total. The van der Waals surface area contributed by atoms with Crippen molar-refractivity contribution < 1.29 is 4.39 Å². The fourth-order valence-corrected chi connectivity index (χ4v) is 2.69. The first-order chi connectivity index (χ1) is 8.69. The van der Waals surface area contributed by atoms with Crippen molar-refractivity contribution in [3.05, 3.63) is 58.9 Å². The van der Waals surface area contributed by atoms with E-state index in [9.17, 15) is 4.39 Å². The molecular formula is C14H9ClFNS. The first-order valence-electron chi connectivity index (χ1n) is 5.28. The molecule has 0 aliphatic heterocycles. The van der Waals surface area contributed by atoms with E-state index in [0.717, 1.165) is 15.4 Å². The number of nitriles is 1. The van der Waals surface area contributed by atoms with Gasteiger partial charge in [0.05, 0.1) is 12.5 Å². The summed E-state index contributed by atoms with van der Waals surface area (Å²) in [5, 5.41) is 9.38. The SMILES string of the molecule is N#CCc1cc(Cl)ccc1Sc1cccc(F)c1. The molecule has 0 radical (unpaired) electrons. The molecule has 0 spiro atoms. The summed E-state index contributed by atoms with van der Waals surface area (Å²) in [7, 11) is 0. The Morgan fingerprint density at radius 3 is 2.78 bits per heavy atom. The van der Waals surface area contributed by atoms with E-state index in [-0.39, 0.29) is 12.2 Å². The fraction of sp³-hybridized carbons (Fsp3) is 0.0714. The van der Waals surface area contributed by atoms with Crippen molar-refractivity contribution in [1.82, 2.24) is 0 Å². The molecule has 0 amide bonds. The molecule has 0 aromatic heterocycles. The maximum Gasteiger partial charge on any atom is 0.124 e. The monoisotopic (exact) mass is 277 g/mol. The van der Waals surface area contributed by atoms with Gasteiger partial charge in [0.15, 0.2) is 0 Å². The van der Waals surface area contributed by atoms with Crippen molar-refractivity contribution in [2.75, 3.05) is 0 Å². The quantitative estimate of drug-likeness (QED) is 0.812. The summed E-state index contributed by atoms with van der Waals surface area (Å²) < 4.78 is 13.1. The maximum absolute atomic E-state index is 13.1. The van der Waals surface area contributed by atoms with Gasteiger partial charge in [0.2, 0.25) is 0 Å². The van der Waals surface area contributed by atoms with E-state index < -0.39 is 0 Å². The molecule has 0 atom stereocenters. The molecular weight excluding hydrogens is 269 g/mol. The van der Waals surface area contributed by atoms with Crippen LogP contribution in [0.2, 0.25) is 5.02 Å². The summed E-state index contributed by atoms with van der Waals surface area (Å²) in [5.74, 6) is -0.268. The smallest absolute Gasteiger partial charge is 0.124 e.